The molecule has 6 heteroatoms. The van der Waals surface area contributed by atoms with E-state index in [0.717, 1.165) is 68.1 Å². The molecular weight excluding hydrogens is 961 g/mol. The number of hydrogen-bond donors (Lipinski definition) is 0. The van der Waals surface area contributed by atoms with Crippen molar-refractivity contribution in [2.75, 3.05) is 7.11 Å². The molecule has 4 aromatic carbocycles. The second kappa shape index (κ2) is 19.1. The first-order valence-corrected chi connectivity index (χ1v) is 28.6. The van der Waals surface area contributed by atoms with Crippen LogP contribution in [0.2, 0.25) is 17.3 Å². The molecule has 0 spiro atoms. The van der Waals surface area contributed by atoms with Gasteiger partial charge in [-0.05, 0) is 90.9 Å². The molecule has 59 heavy (non-hydrogen) atoms. The van der Waals surface area contributed by atoms with E-state index in [0.29, 0.717) is 11.8 Å². The van der Waals surface area contributed by atoms with E-state index in [2.05, 4.69) is 132 Å². The van der Waals surface area contributed by atoms with Crippen molar-refractivity contribution in [2.45, 2.75) is 103 Å². The van der Waals surface area contributed by atoms with Gasteiger partial charge in [0.25, 0.3) is 0 Å². The van der Waals surface area contributed by atoms with Gasteiger partial charge in [0.2, 0.25) is 0 Å². The van der Waals surface area contributed by atoms with Crippen molar-refractivity contribution < 1.29 is 29.3 Å². The van der Waals surface area contributed by atoms with Crippen molar-refractivity contribution in [3.05, 3.63) is 131 Å². The van der Waals surface area contributed by atoms with Crippen molar-refractivity contribution in [2.24, 2.45) is 11.8 Å². The Labute approximate surface area is 369 Å². The van der Waals surface area contributed by atoms with Gasteiger partial charge in [-0.15, -0.1) is 12.1 Å². The van der Waals surface area contributed by atoms with Gasteiger partial charge >= 0.3 is 126 Å². The molecule has 0 bridgehead atoms. The maximum atomic E-state index is 6.61. The van der Waals surface area contributed by atoms with Gasteiger partial charge in [0, 0.05) is 37.4 Å². The first kappa shape index (κ1) is 44.5. The summed E-state index contributed by atoms with van der Waals surface area (Å²) in [4.78, 5) is 9.48. The van der Waals surface area contributed by atoms with Gasteiger partial charge in [0.15, 0.2) is 0 Å². The Morgan fingerprint density at radius 1 is 0.847 bits per heavy atom. The van der Waals surface area contributed by atoms with E-state index in [1.165, 1.54) is 65.5 Å². The number of methoxy groups -OCH3 is 1. The van der Waals surface area contributed by atoms with Crippen LogP contribution in [0.3, 0.4) is 0 Å². The van der Waals surface area contributed by atoms with Crippen LogP contribution in [0.5, 0.6) is 5.75 Å². The molecule has 0 saturated heterocycles. The van der Waals surface area contributed by atoms with Gasteiger partial charge < -0.3 is 14.1 Å². The largest absolute Gasteiger partial charge is 0.539 e. The Morgan fingerprint density at radius 3 is 2.25 bits per heavy atom. The number of nitrogens with zero attached hydrogens (tertiary/aromatic N) is 2. The minimum absolute atomic E-state index is 0. The van der Waals surface area contributed by atoms with Crippen LogP contribution in [0.4, 0.5) is 0 Å². The number of fused-ring (bicyclic) bond motifs is 3. The minimum Gasteiger partial charge on any atom is -0.539 e. The number of aromatic nitrogens is 2. The summed E-state index contributed by atoms with van der Waals surface area (Å²) in [5, 5.41) is 2.03. The van der Waals surface area contributed by atoms with Gasteiger partial charge in [0.05, 0.1) is 12.7 Å². The van der Waals surface area contributed by atoms with Crippen LogP contribution >= 0.6 is 0 Å². The second-order valence-corrected chi connectivity index (χ2v) is 28.6. The van der Waals surface area contributed by atoms with E-state index in [1.807, 2.05) is 30.5 Å². The molecule has 309 valence electrons. The summed E-state index contributed by atoms with van der Waals surface area (Å²) < 4.78 is 13.9. The number of aryl methyl sites for hydroxylation is 3. The van der Waals surface area contributed by atoms with Crippen LogP contribution in [0.25, 0.3) is 55.6 Å². The third-order valence-electron chi connectivity index (χ3n) is 12.0. The summed E-state index contributed by atoms with van der Waals surface area (Å²) in [7, 11) is 1.71. The third-order valence-corrected chi connectivity index (χ3v) is 16.4. The molecule has 0 aliphatic heterocycles. The molecular formula is C53H60GeIrN2O2-2. The zero-order valence-electron chi connectivity index (χ0n) is 36.7. The molecule has 1 radical (unpaired) electrons. The number of rotatable bonds is 9. The topological polar surface area (TPSA) is 48.2 Å². The summed E-state index contributed by atoms with van der Waals surface area (Å²) in [5.74, 6) is 10.0. The number of pyridine rings is 2. The molecule has 1 aliphatic carbocycles. The predicted octanol–water partition coefficient (Wildman–Crippen LogP) is 14.0. The third kappa shape index (κ3) is 9.96. The molecule has 4 nitrogen and oxygen atoms in total. The molecule has 0 N–H and O–H groups in total. The van der Waals surface area contributed by atoms with Crippen LogP contribution in [0.1, 0.15) is 86.6 Å². The molecule has 1 fully saturated rings. The predicted molar refractivity (Wildman–Crippen MR) is 247 cm³/mol. The van der Waals surface area contributed by atoms with Crippen molar-refractivity contribution in [1.82, 2.24) is 9.97 Å². The average molecular weight is 1020 g/mol. The van der Waals surface area contributed by atoms with E-state index < -0.39 is 13.3 Å². The van der Waals surface area contributed by atoms with E-state index in [1.54, 1.807) is 11.5 Å². The van der Waals surface area contributed by atoms with Crippen molar-refractivity contribution in [1.29, 1.82) is 0 Å². The minimum atomic E-state index is -1.86. The zero-order chi connectivity index (χ0) is 41.1. The Hall–Kier alpha value is -4.03. The average Bonchev–Trinajstić information content (AvgIpc) is 3.59. The van der Waals surface area contributed by atoms with Crippen LogP contribution in [0, 0.1) is 44.7 Å². The summed E-state index contributed by atoms with van der Waals surface area (Å²) in [6.45, 7) is 13.5. The van der Waals surface area contributed by atoms with Crippen molar-refractivity contribution in [3.8, 4) is 39.4 Å². The molecule has 1 aliphatic rings. The molecule has 1 atom stereocenters. The van der Waals surface area contributed by atoms with E-state index >= 15 is 0 Å². The first-order chi connectivity index (χ1) is 27.8. The molecule has 3 heterocycles. The van der Waals surface area contributed by atoms with Gasteiger partial charge in [0.1, 0.15) is 5.58 Å². The van der Waals surface area contributed by atoms with Crippen LogP contribution < -0.4 is 9.13 Å². The monoisotopic (exact) mass is 1020 g/mol. The normalized spacial score (nSPS) is 13.9. The van der Waals surface area contributed by atoms with Gasteiger partial charge in [-0.3, -0.25) is 0 Å². The van der Waals surface area contributed by atoms with Gasteiger partial charge in [-0.1, -0.05) is 73.2 Å². The Morgan fingerprint density at radius 2 is 1.59 bits per heavy atom. The summed E-state index contributed by atoms with van der Waals surface area (Å²) in [6, 6.07) is 34.5. The fourth-order valence-corrected chi connectivity index (χ4v) is 12.5. The fourth-order valence-electron chi connectivity index (χ4n) is 9.19. The molecule has 1 unspecified atom stereocenters. The van der Waals surface area contributed by atoms with Crippen LogP contribution in [-0.4, -0.2) is 30.3 Å². The first-order valence-electron chi connectivity index (χ1n) is 21.3. The molecule has 7 aromatic rings. The Kier molecular flexibility index (Phi) is 14.4. The SMILES string of the molecule is CC(C)Cc1cc(-c2[c-]cccc2)nc[c]1[Ge]([CH3])([CH3])[CH3].COc1c[c-]c(-c2cc(C(C)C3CCCCC3)ccn2)c2oc3cc(-c4c(C)cc(C)cc4C)ccc3c12.[Ir]. The van der Waals surface area contributed by atoms with Crippen LogP contribution in [0.15, 0.2) is 95.7 Å². The number of benzene rings is 4. The summed E-state index contributed by atoms with van der Waals surface area (Å²) >= 11 is -1.86. The van der Waals surface area contributed by atoms with E-state index in [4.69, 9.17) is 19.1 Å². The van der Waals surface area contributed by atoms with Gasteiger partial charge in [-0.2, -0.15) is 0 Å². The number of hydrogen-bond acceptors (Lipinski definition) is 4. The summed E-state index contributed by atoms with van der Waals surface area (Å²) in [5.41, 5.74) is 14.7. The molecule has 8 rings (SSSR count). The standard InChI is InChI=1S/C35H36NO2.C18H24GeN.Ir/c1-21-17-22(2)33(23(3)18-21)27-11-12-29-32(20-27)38-35-28(13-14-31(37-5)34(29)35)30-19-26(15-16-36-30)24(4)25-9-7-6-8-10-25;1-14(2)11-16-12-18(15-9-7-6-8-10-15)20-13-17(16)19(3,4)5;/h11-12,14-20,24-25H,6-10H2,1-5H3;6-9,12-14H,11H2,1-5H3;/q2*-1;. The Balaban J connectivity index is 0.000000236. The van der Waals surface area contributed by atoms with Crippen molar-refractivity contribution >= 4 is 39.6 Å². The maximum Gasteiger partial charge on any atom is 0.121 e. The second-order valence-electron chi connectivity index (χ2n) is 18.0. The fraction of sp³-hybridized carbons (Fsp3) is 0.358. The van der Waals surface area contributed by atoms with E-state index in [9.17, 15) is 0 Å². The molecule has 3 aromatic heterocycles. The molecule has 0 amide bonds. The Bertz CT molecular complexity index is 2510. The van der Waals surface area contributed by atoms with Gasteiger partial charge in [-0.25, -0.2) is 0 Å². The number of ether oxygens (including phenoxy) is 1. The van der Waals surface area contributed by atoms with Crippen LogP contribution in [-0.2, 0) is 26.5 Å². The van der Waals surface area contributed by atoms with E-state index in [-0.39, 0.29) is 20.1 Å². The number of furan rings is 1. The molecule has 1 saturated carbocycles. The quantitative estimate of drug-likeness (QED) is 0.107. The maximum absolute atomic E-state index is 6.61. The summed E-state index contributed by atoms with van der Waals surface area (Å²) in [6.07, 6.45) is 11.9. The smallest absolute Gasteiger partial charge is 0.121 e. The van der Waals surface area contributed by atoms with Crippen molar-refractivity contribution in [3.63, 3.8) is 0 Å². The zero-order valence-corrected chi connectivity index (χ0v) is 41.2.